The van der Waals surface area contributed by atoms with Crippen molar-refractivity contribution in [2.75, 3.05) is 45.2 Å². The Morgan fingerprint density at radius 3 is 2.12 bits per heavy atom. The Morgan fingerprint density at radius 1 is 0.875 bits per heavy atom. The van der Waals surface area contributed by atoms with Crippen LogP contribution in [0.1, 0.15) is 22.8 Å². The summed E-state index contributed by atoms with van der Waals surface area (Å²) in [6.07, 6.45) is -0.285. The van der Waals surface area contributed by atoms with Crippen molar-refractivity contribution in [2.24, 2.45) is 0 Å². The molecule has 0 aliphatic carbocycles. The summed E-state index contributed by atoms with van der Waals surface area (Å²) in [6.45, 7) is 5.22. The second-order valence-electron chi connectivity index (χ2n) is 8.34. The zero-order chi connectivity index (χ0) is 22.2. The molecule has 1 N–H and O–H groups in total. The van der Waals surface area contributed by atoms with Crippen LogP contribution in [0.2, 0.25) is 0 Å². The van der Waals surface area contributed by atoms with Crippen molar-refractivity contribution in [3.05, 3.63) is 102 Å². The fourth-order valence-corrected chi connectivity index (χ4v) is 4.01. The molecular formula is C27H31N3O2. The molecule has 0 bridgehead atoms. The van der Waals surface area contributed by atoms with Crippen LogP contribution in [-0.2, 0) is 16.1 Å². The largest absolute Gasteiger partial charge is 0.359 e. The van der Waals surface area contributed by atoms with E-state index in [2.05, 4.69) is 34.3 Å². The van der Waals surface area contributed by atoms with Gasteiger partial charge in [0.1, 0.15) is 12.7 Å². The second-order valence-corrected chi connectivity index (χ2v) is 8.34. The van der Waals surface area contributed by atoms with E-state index in [0.717, 1.165) is 49.5 Å². The summed E-state index contributed by atoms with van der Waals surface area (Å²) in [6, 6.07) is 28.1. The molecular weight excluding hydrogens is 398 g/mol. The molecule has 0 atom stereocenters. The Balaban J connectivity index is 1.35. The molecule has 1 heterocycles. The van der Waals surface area contributed by atoms with Gasteiger partial charge in [-0.3, -0.25) is 9.69 Å². The van der Waals surface area contributed by atoms with E-state index in [1.807, 2.05) is 72.8 Å². The van der Waals surface area contributed by atoms with Gasteiger partial charge in [-0.05, 0) is 35.9 Å². The predicted molar refractivity (Wildman–Crippen MR) is 129 cm³/mol. The fraction of sp³-hybridized carbons (Fsp3) is 0.296. The van der Waals surface area contributed by atoms with Crippen molar-refractivity contribution in [3.63, 3.8) is 0 Å². The summed E-state index contributed by atoms with van der Waals surface area (Å²) in [4.78, 5) is 17.5. The summed E-state index contributed by atoms with van der Waals surface area (Å²) >= 11 is 0. The molecule has 0 saturated carbocycles. The third-order valence-electron chi connectivity index (χ3n) is 5.80. The van der Waals surface area contributed by atoms with Crippen LogP contribution in [0.4, 0.5) is 5.69 Å². The van der Waals surface area contributed by atoms with Crippen molar-refractivity contribution < 1.29 is 9.53 Å². The first-order valence-corrected chi connectivity index (χ1v) is 11.2. The maximum atomic E-state index is 12.7. The zero-order valence-corrected chi connectivity index (χ0v) is 18.6. The van der Waals surface area contributed by atoms with Crippen LogP contribution in [0.25, 0.3) is 0 Å². The summed E-state index contributed by atoms with van der Waals surface area (Å²) in [5, 5.41) is 2.99. The van der Waals surface area contributed by atoms with Crippen molar-refractivity contribution in [1.82, 2.24) is 9.80 Å². The minimum atomic E-state index is -0.285. The number of likely N-dealkylation sites (N-methyl/N-ethyl adjacent to an activating group) is 1. The van der Waals surface area contributed by atoms with Gasteiger partial charge < -0.3 is 15.0 Å². The van der Waals surface area contributed by atoms with Gasteiger partial charge in [0.25, 0.3) is 0 Å². The first-order chi connectivity index (χ1) is 15.7. The molecule has 1 aliphatic heterocycles. The minimum Gasteiger partial charge on any atom is -0.359 e. The highest BCUT2D eigenvalue weighted by Crippen LogP contribution is 2.25. The summed E-state index contributed by atoms with van der Waals surface area (Å²) in [5.41, 5.74) is 4.07. The molecule has 0 radical (unpaired) electrons. The Morgan fingerprint density at radius 2 is 1.50 bits per heavy atom. The molecule has 0 aromatic heterocycles. The number of carbonyl (C=O) groups excluding carboxylic acids is 1. The van der Waals surface area contributed by atoms with E-state index in [1.54, 1.807) is 0 Å². The number of nitrogens with zero attached hydrogens (tertiary/aromatic N) is 2. The first kappa shape index (κ1) is 22.2. The Hall–Kier alpha value is -2.99. The van der Waals surface area contributed by atoms with E-state index < -0.39 is 0 Å². The zero-order valence-electron chi connectivity index (χ0n) is 18.6. The van der Waals surface area contributed by atoms with Crippen LogP contribution in [0.3, 0.4) is 0 Å². The van der Waals surface area contributed by atoms with Crippen LogP contribution in [0.5, 0.6) is 0 Å². The van der Waals surface area contributed by atoms with E-state index in [9.17, 15) is 4.79 Å². The average Bonchev–Trinajstić information content (AvgIpc) is 2.82. The summed E-state index contributed by atoms with van der Waals surface area (Å²) in [7, 11) is 2.16. The lowest BCUT2D eigenvalue weighted by atomic mass is 10.0. The van der Waals surface area contributed by atoms with Gasteiger partial charge in [-0.25, -0.2) is 0 Å². The molecule has 5 heteroatoms. The number of benzene rings is 3. The van der Waals surface area contributed by atoms with Crippen LogP contribution in [0, 0.1) is 0 Å². The van der Waals surface area contributed by atoms with Crippen LogP contribution in [0.15, 0.2) is 84.9 Å². The predicted octanol–water partition coefficient (Wildman–Crippen LogP) is 4.18. The van der Waals surface area contributed by atoms with Gasteiger partial charge in [-0.1, -0.05) is 72.8 Å². The fourth-order valence-electron chi connectivity index (χ4n) is 4.01. The number of ether oxygens (including phenoxy) is 1. The maximum Gasteiger partial charge on any atom is 0.250 e. The Bertz CT molecular complexity index is 947. The molecule has 1 aliphatic rings. The van der Waals surface area contributed by atoms with Crippen molar-refractivity contribution in [2.45, 2.75) is 12.6 Å². The lowest BCUT2D eigenvalue weighted by molar-refractivity contribution is -0.121. The van der Waals surface area contributed by atoms with E-state index in [0.29, 0.717) is 0 Å². The van der Waals surface area contributed by atoms with E-state index >= 15 is 0 Å². The van der Waals surface area contributed by atoms with Crippen molar-refractivity contribution in [1.29, 1.82) is 0 Å². The van der Waals surface area contributed by atoms with Gasteiger partial charge in [0.05, 0.1) is 0 Å². The molecule has 0 spiro atoms. The van der Waals surface area contributed by atoms with Gasteiger partial charge in [0, 0.05) is 38.4 Å². The number of carbonyl (C=O) groups is 1. The van der Waals surface area contributed by atoms with E-state index in [1.165, 1.54) is 5.56 Å². The summed E-state index contributed by atoms with van der Waals surface area (Å²) < 4.78 is 6.09. The normalized spacial score (nSPS) is 15.1. The third-order valence-corrected chi connectivity index (χ3v) is 5.80. The molecule has 5 nitrogen and oxygen atoms in total. The lowest BCUT2D eigenvalue weighted by Gasteiger charge is -2.32. The van der Waals surface area contributed by atoms with Gasteiger partial charge >= 0.3 is 0 Å². The highest BCUT2D eigenvalue weighted by Gasteiger charge is 2.17. The molecule has 32 heavy (non-hydrogen) atoms. The van der Waals surface area contributed by atoms with Gasteiger partial charge in [-0.2, -0.15) is 0 Å². The van der Waals surface area contributed by atoms with Crippen LogP contribution < -0.4 is 5.32 Å². The van der Waals surface area contributed by atoms with Crippen LogP contribution in [-0.4, -0.2) is 55.5 Å². The smallest absolute Gasteiger partial charge is 0.250 e. The monoisotopic (exact) mass is 429 g/mol. The quantitative estimate of drug-likeness (QED) is 0.584. The molecule has 1 saturated heterocycles. The molecule has 1 fully saturated rings. The SMILES string of the molecule is CN1CCN(Cc2cccc(NC(=O)COC(c3ccccc3)c3ccccc3)c2)CC1. The average molecular weight is 430 g/mol. The Kier molecular flexibility index (Phi) is 7.67. The molecule has 4 rings (SSSR count). The van der Waals surface area contributed by atoms with Crippen molar-refractivity contribution in [3.8, 4) is 0 Å². The Labute approximate surface area is 190 Å². The number of hydrogen-bond acceptors (Lipinski definition) is 4. The number of hydrogen-bond donors (Lipinski definition) is 1. The standard InChI is InChI=1S/C27H31N3O2/c1-29-15-17-30(18-16-29)20-22-9-8-14-25(19-22)28-26(31)21-32-27(23-10-4-2-5-11-23)24-12-6-3-7-13-24/h2-14,19,27H,15-18,20-21H2,1H3,(H,28,31). The highest BCUT2D eigenvalue weighted by atomic mass is 16.5. The van der Waals surface area contributed by atoms with E-state index in [-0.39, 0.29) is 18.6 Å². The lowest BCUT2D eigenvalue weighted by Crippen LogP contribution is -2.43. The van der Waals surface area contributed by atoms with Crippen LogP contribution >= 0.6 is 0 Å². The number of piperazine rings is 1. The van der Waals surface area contributed by atoms with E-state index in [4.69, 9.17) is 4.74 Å². The molecule has 0 unspecified atom stereocenters. The number of anilines is 1. The number of rotatable bonds is 8. The number of amides is 1. The maximum absolute atomic E-state index is 12.7. The van der Waals surface area contributed by atoms with Gasteiger partial charge in [0.15, 0.2) is 0 Å². The minimum absolute atomic E-state index is 0.0167. The van der Waals surface area contributed by atoms with Crippen molar-refractivity contribution >= 4 is 11.6 Å². The molecule has 3 aromatic rings. The summed E-state index contributed by atoms with van der Waals surface area (Å²) in [5.74, 6) is -0.154. The molecule has 166 valence electrons. The topological polar surface area (TPSA) is 44.8 Å². The second kappa shape index (κ2) is 11.0. The number of nitrogens with one attached hydrogen (secondary N) is 1. The van der Waals surface area contributed by atoms with Gasteiger partial charge in [0.2, 0.25) is 5.91 Å². The van der Waals surface area contributed by atoms with Gasteiger partial charge in [-0.15, -0.1) is 0 Å². The third kappa shape index (κ3) is 6.26. The highest BCUT2D eigenvalue weighted by molar-refractivity contribution is 5.91. The molecule has 1 amide bonds. The molecule has 3 aromatic carbocycles. The first-order valence-electron chi connectivity index (χ1n) is 11.2.